The van der Waals surface area contributed by atoms with Gasteiger partial charge in [-0.15, -0.1) is 29.7 Å². The van der Waals surface area contributed by atoms with E-state index >= 15 is 0 Å². The topological polar surface area (TPSA) is 44.4 Å². The molecule has 0 amide bonds. The minimum Gasteiger partial charge on any atom is -0.503 e. The van der Waals surface area contributed by atoms with Gasteiger partial charge < -0.3 is 13.7 Å². The molecule has 0 fully saturated rings. The number of benzene rings is 5. The summed E-state index contributed by atoms with van der Waals surface area (Å²) in [6.45, 7) is 6.66. The summed E-state index contributed by atoms with van der Waals surface area (Å²) in [5.74, 6) is 2.11. The smallest absolute Gasteiger partial charge is 0.503 e. The molecule has 0 N–H and O–H groups in total. The van der Waals surface area contributed by atoms with E-state index < -0.39 is 0 Å². The Bertz CT molecular complexity index is 2650. The Morgan fingerprint density at radius 3 is 2.08 bits per heavy atom. The number of aromatic nitrogens is 4. The van der Waals surface area contributed by atoms with Crippen molar-refractivity contribution in [2.45, 2.75) is 26.2 Å². The zero-order chi connectivity index (χ0) is 31.7. The van der Waals surface area contributed by atoms with E-state index in [0.717, 1.165) is 71.8 Å². The van der Waals surface area contributed by atoms with Gasteiger partial charge in [-0.25, -0.2) is 4.98 Å². The summed E-state index contributed by atoms with van der Waals surface area (Å²) >= 11 is 0. The van der Waals surface area contributed by atoms with Crippen LogP contribution in [0.25, 0.3) is 66.2 Å². The molecule has 0 aliphatic heterocycles. The van der Waals surface area contributed by atoms with E-state index in [0.29, 0.717) is 11.5 Å². The Balaban J connectivity index is 0.00000336. The number of para-hydroxylation sites is 2. The molecular formula is C42H30N4OPt. The van der Waals surface area contributed by atoms with Crippen LogP contribution in [0.3, 0.4) is 0 Å². The fourth-order valence-electron chi connectivity index (χ4n) is 6.77. The Hall–Kier alpha value is -5.25. The van der Waals surface area contributed by atoms with E-state index in [1.54, 1.807) is 0 Å². The summed E-state index contributed by atoms with van der Waals surface area (Å²) in [4.78, 5) is 10.0. The zero-order valence-corrected chi connectivity index (χ0v) is 28.9. The van der Waals surface area contributed by atoms with E-state index in [-0.39, 0.29) is 26.5 Å². The third-order valence-corrected chi connectivity index (χ3v) is 8.95. The second-order valence-corrected chi connectivity index (χ2v) is 13.0. The van der Waals surface area contributed by atoms with E-state index in [1.165, 1.54) is 0 Å². The van der Waals surface area contributed by atoms with Gasteiger partial charge in [-0.1, -0.05) is 116 Å². The standard InChI is InChI=1S/C42H30N4O.Pt/c1-42(2,3)35-16-11-23-43-41(35)46-38-18-10-8-15-32(38)33-22-20-29(25-39(33)46)47-28-19-21-30-31-14-7-9-17-37(31)45-26-36(27-12-5-4-6-13-27)44-40(45)34(30)24-28;/h4-23,26H,1-3H3;/q-2;+2. The molecule has 0 saturated heterocycles. The molecule has 0 bridgehead atoms. The van der Waals surface area contributed by atoms with Crippen LogP contribution in [0.2, 0.25) is 0 Å². The molecule has 4 aromatic heterocycles. The number of ether oxygens (including phenoxy) is 1. The monoisotopic (exact) mass is 801 g/mol. The number of fused-ring (bicyclic) bond motifs is 9. The average molecular weight is 802 g/mol. The number of hydrogen-bond acceptors (Lipinski definition) is 3. The minimum atomic E-state index is -0.0990. The molecule has 6 heteroatoms. The Morgan fingerprint density at radius 1 is 0.646 bits per heavy atom. The maximum atomic E-state index is 6.55. The third-order valence-electron chi connectivity index (χ3n) is 8.95. The predicted octanol–water partition coefficient (Wildman–Crippen LogP) is 10.5. The number of hydrogen-bond donors (Lipinski definition) is 0. The molecule has 5 aromatic carbocycles. The first-order chi connectivity index (χ1) is 22.9. The van der Waals surface area contributed by atoms with E-state index in [4.69, 9.17) is 14.7 Å². The van der Waals surface area contributed by atoms with Crippen molar-refractivity contribution in [2.24, 2.45) is 0 Å². The molecule has 0 aliphatic rings. The predicted molar refractivity (Wildman–Crippen MR) is 191 cm³/mol. The second-order valence-electron chi connectivity index (χ2n) is 13.0. The summed E-state index contributed by atoms with van der Waals surface area (Å²) in [5.41, 5.74) is 6.99. The average Bonchev–Trinajstić information content (AvgIpc) is 3.69. The summed E-state index contributed by atoms with van der Waals surface area (Å²) in [6.07, 6.45) is 3.97. The van der Waals surface area contributed by atoms with Crippen molar-refractivity contribution in [1.82, 2.24) is 18.9 Å². The van der Waals surface area contributed by atoms with Crippen LogP contribution in [-0.4, -0.2) is 18.9 Å². The number of nitrogens with zero attached hydrogens (tertiary/aromatic N) is 4. The fourth-order valence-corrected chi connectivity index (χ4v) is 6.77. The van der Waals surface area contributed by atoms with Gasteiger partial charge in [0.15, 0.2) is 0 Å². The number of rotatable bonds is 4. The van der Waals surface area contributed by atoms with Crippen LogP contribution in [-0.2, 0) is 26.5 Å². The van der Waals surface area contributed by atoms with Gasteiger partial charge in [-0.3, -0.25) is 4.98 Å². The summed E-state index contributed by atoms with van der Waals surface area (Å²) < 4.78 is 10.9. The third kappa shape index (κ3) is 4.81. The Kier molecular flexibility index (Phi) is 7.19. The number of pyridine rings is 2. The molecule has 0 saturated carbocycles. The van der Waals surface area contributed by atoms with Gasteiger partial charge in [0.2, 0.25) is 0 Å². The summed E-state index contributed by atoms with van der Waals surface area (Å²) in [7, 11) is 0. The molecule has 48 heavy (non-hydrogen) atoms. The van der Waals surface area contributed by atoms with Gasteiger partial charge >= 0.3 is 21.1 Å². The normalized spacial score (nSPS) is 11.9. The zero-order valence-electron chi connectivity index (χ0n) is 26.6. The van der Waals surface area contributed by atoms with Crippen molar-refractivity contribution in [2.75, 3.05) is 0 Å². The van der Waals surface area contributed by atoms with E-state index in [2.05, 4.69) is 127 Å². The maximum Gasteiger partial charge on any atom is 2.00 e. The van der Waals surface area contributed by atoms with Gasteiger partial charge in [-0.2, -0.15) is 6.07 Å². The van der Waals surface area contributed by atoms with Crippen molar-refractivity contribution in [3.8, 4) is 28.6 Å². The number of imidazole rings is 1. The van der Waals surface area contributed by atoms with Crippen LogP contribution in [0.4, 0.5) is 0 Å². The first kappa shape index (κ1) is 30.1. The minimum absolute atomic E-state index is 0. The Morgan fingerprint density at radius 2 is 1.31 bits per heavy atom. The summed E-state index contributed by atoms with van der Waals surface area (Å²) in [6, 6.07) is 46.7. The largest absolute Gasteiger partial charge is 2.00 e. The van der Waals surface area contributed by atoms with E-state index in [9.17, 15) is 0 Å². The van der Waals surface area contributed by atoms with Gasteiger partial charge in [-0.05, 0) is 34.4 Å². The molecule has 5 nitrogen and oxygen atoms in total. The van der Waals surface area contributed by atoms with Crippen LogP contribution < -0.4 is 4.74 Å². The molecule has 9 aromatic rings. The molecule has 0 radical (unpaired) electrons. The first-order valence-corrected chi connectivity index (χ1v) is 15.8. The maximum absolute atomic E-state index is 6.55. The van der Waals surface area contributed by atoms with Crippen molar-refractivity contribution in [3.05, 3.63) is 145 Å². The molecule has 9 rings (SSSR count). The van der Waals surface area contributed by atoms with Gasteiger partial charge in [0.05, 0.1) is 11.3 Å². The van der Waals surface area contributed by atoms with Crippen molar-refractivity contribution < 1.29 is 25.8 Å². The Labute approximate surface area is 292 Å². The van der Waals surface area contributed by atoms with Crippen LogP contribution in [0.15, 0.2) is 128 Å². The van der Waals surface area contributed by atoms with Crippen molar-refractivity contribution in [1.29, 1.82) is 0 Å². The molecular weight excluding hydrogens is 772 g/mol. The van der Waals surface area contributed by atoms with Gasteiger partial charge in [0.25, 0.3) is 0 Å². The van der Waals surface area contributed by atoms with Crippen LogP contribution in [0.5, 0.6) is 11.5 Å². The second kappa shape index (κ2) is 11.5. The molecule has 0 atom stereocenters. The molecule has 0 spiro atoms. The SMILES string of the molecule is CC(C)(C)c1cccnc1-n1c2[c-]c(Oc3[c-]c4c(cc3)c3ccccc3n3cc(-c5ccccc5)nc43)ccc2c2ccccc21.[Pt+2]. The molecule has 4 heterocycles. The molecule has 0 aliphatic carbocycles. The van der Waals surface area contributed by atoms with Crippen molar-refractivity contribution in [3.63, 3.8) is 0 Å². The fraction of sp³-hybridized carbons (Fsp3) is 0.0952. The first-order valence-electron chi connectivity index (χ1n) is 15.8. The molecule has 0 unspecified atom stereocenters. The quantitative estimate of drug-likeness (QED) is 0.132. The van der Waals surface area contributed by atoms with Crippen molar-refractivity contribution >= 4 is 49.1 Å². The van der Waals surface area contributed by atoms with Crippen LogP contribution in [0, 0.1) is 12.1 Å². The molecule has 234 valence electrons. The van der Waals surface area contributed by atoms with Crippen LogP contribution in [0.1, 0.15) is 26.3 Å². The van der Waals surface area contributed by atoms with E-state index in [1.807, 2.05) is 42.6 Å². The van der Waals surface area contributed by atoms with Gasteiger partial charge in [0, 0.05) is 46.1 Å². The van der Waals surface area contributed by atoms with Gasteiger partial charge in [0.1, 0.15) is 5.82 Å². The summed E-state index contributed by atoms with van der Waals surface area (Å²) in [5, 5.41) is 5.37. The van der Waals surface area contributed by atoms with Crippen LogP contribution >= 0.6 is 0 Å².